The molecule has 0 unspecified atom stereocenters. The van der Waals surface area contributed by atoms with Crippen LogP contribution in [0.25, 0.3) is 0 Å². The van der Waals surface area contributed by atoms with Gasteiger partial charge < -0.3 is 15.0 Å². The summed E-state index contributed by atoms with van der Waals surface area (Å²) in [5, 5.41) is 14.4. The Morgan fingerprint density at radius 1 is 1.16 bits per heavy atom. The van der Waals surface area contributed by atoms with Gasteiger partial charge in [0.2, 0.25) is 0 Å². The molecule has 2 aromatic carbocycles. The van der Waals surface area contributed by atoms with Crippen molar-refractivity contribution in [3.63, 3.8) is 0 Å². The van der Waals surface area contributed by atoms with Crippen molar-refractivity contribution in [1.82, 2.24) is 0 Å². The number of para-hydroxylation sites is 1. The van der Waals surface area contributed by atoms with Crippen molar-refractivity contribution in [1.29, 1.82) is 0 Å². The molecule has 1 aliphatic rings. The third-order valence-corrected chi connectivity index (χ3v) is 5.44. The Bertz CT molecular complexity index is 983. The maximum Gasteiger partial charge on any atom is 0.338 e. The van der Waals surface area contributed by atoms with E-state index < -0.39 is 23.4 Å². The summed E-state index contributed by atoms with van der Waals surface area (Å²) in [7, 11) is 0. The first-order valence-electron chi connectivity index (χ1n) is 10.5. The van der Waals surface area contributed by atoms with Crippen molar-refractivity contribution in [3.8, 4) is 0 Å². The SMILES string of the molecule is CCc1cccc(C)c1NC(=O)COC(=O)c1ccc(N2CCCCC2)c([N+](=O)[O-])c1. The lowest BCUT2D eigenvalue weighted by Gasteiger charge is -2.28. The molecule has 1 heterocycles. The molecule has 0 aliphatic carbocycles. The molecule has 0 saturated carbocycles. The lowest BCUT2D eigenvalue weighted by molar-refractivity contribution is -0.384. The summed E-state index contributed by atoms with van der Waals surface area (Å²) in [4.78, 5) is 37.8. The first-order chi connectivity index (χ1) is 14.9. The number of ether oxygens (including phenoxy) is 1. The summed E-state index contributed by atoms with van der Waals surface area (Å²) < 4.78 is 5.11. The van der Waals surface area contributed by atoms with Gasteiger partial charge in [-0.3, -0.25) is 14.9 Å². The van der Waals surface area contributed by atoms with Crippen molar-refractivity contribution in [3.05, 3.63) is 63.2 Å². The van der Waals surface area contributed by atoms with Crippen molar-refractivity contribution >= 4 is 28.9 Å². The van der Waals surface area contributed by atoms with E-state index in [1.165, 1.54) is 12.1 Å². The van der Waals surface area contributed by atoms with E-state index in [1.54, 1.807) is 6.07 Å². The standard InChI is InChI=1S/C23H27N3O5/c1-3-17-9-7-8-16(2)22(17)24-21(27)15-31-23(28)18-10-11-19(20(14-18)26(29)30)25-12-5-4-6-13-25/h7-11,14H,3-6,12-13,15H2,1-2H3,(H,24,27). The molecule has 0 atom stereocenters. The molecule has 1 saturated heterocycles. The summed E-state index contributed by atoms with van der Waals surface area (Å²) in [5.41, 5.74) is 3.04. The molecule has 1 amide bonds. The van der Waals surface area contributed by atoms with Crippen molar-refractivity contribution in [2.24, 2.45) is 0 Å². The molecule has 8 heteroatoms. The molecule has 0 spiro atoms. The number of esters is 1. The van der Waals surface area contributed by atoms with Crippen LogP contribution in [-0.4, -0.2) is 36.5 Å². The van der Waals surface area contributed by atoms with Gasteiger partial charge >= 0.3 is 5.97 Å². The number of anilines is 2. The monoisotopic (exact) mass is 425 g/mol. The van der Waals surface area contributed by atoms with E-state index >= 15 is 0 Å². The largest absolute Gasteiger partial charge is 0.452 e. The predicted octanol–water partition coefficient (Wildman–Crippen LogP) is 4.25. The number of piperidine rings is 1. The van der Waals surface area contributed by atoms with Gasteiger partial charge in [0.15, 0.2) is 6.61 Å². The Balaban J connectivity index is 1.67. The molecule has 164 valence electrons. The van der Waals surface area contributed by atoms with E-state index in [1.807, 2.05) is 36.9 Å². The molecular formula is C23H27N3O5. The quantitative estimate of drug-likeness (QED) is 0.404. The van der Waals surface area contributed by atoms with E-state index in [0.29, 0.717) is 11.4 Å². The minimum Gasteiger partial charge on any atom is -0.452 e. The number of nitro benzene ring substituents is 1. The zero-order valence-corrected chi connectivity index (χ0v) is 17.8. The smallest absolute Gasteiger partial charge is 0.338 e. The lowest BCUT2D eigenvalue weighted by atomic mass is 10.1. The molecule has 0 radical (unpaired) electrons. The number of hydrogen-bond donors (Lipinski definition) is 1. The second-order valence-corrected chi connectivity index (χ2v) is 7.60. The number of rotatable bonds is 7. The summed E-state index contributed by atoms with van der Waals surface area (Å²) in [6, 6.07) is 10.1. The number of amides is 1. The molecule has 1 aliphatic heterocycles. The fourth-order valence-electron chi connectivity index (χ4n) is 3.79. The number of hydrogen-bond acceptors (Lipinski definition) is 6. The first-order valence-corrected chi connectivity index (χ1v) is 10.5. The Morgan fingerprint density at radius 2 is 1.90 bits per heavy atom. The highest BCUT2D eigenvalue weighted by Crippen LogP contribution is 2.31. The third kappa shape index (κ3) is 5.39. The van der Waals surface area contributed by atoms with Crippen LogP contribution in [0.3, 0.4) is 0 Å². The number of nitrogens with one attached hydrogen (secondary N) is 1. The van der Waals surface area contributed by atoms with Gasteiger partial charge in [0.05, 0.1) is 10.5 Å². The van der Waals surface area contributed by atoms with Gasteiger partial charge in [-0.15, -0.1) is 0 Å². The van der Waals surface area contributed by atoms with Gasteiger partial charge in [-0.25, -0.2) is 4.79 Å². The van der Waals surface area contributed by atoms with Crippen LogP contribution in [0.5, 0.6) is 0 Å². The molecular weight excluding hydrogens is 398 g/mol. The Kier molecular flexibility index (Phi) is 7.23. The predicted molar refractivity (Wildman–Crippen MR) is 119 cm³/mol. The second kappa shape index (κ2) is 10.1. The molecule has 0 aromatic heterocycles. The molecule has 1 fully saturated rings. The minimum absolute atomic E-state index is 0.0467. The topological polar surface area (TPSA) is 102 Å². The van der Waals surface area contributed by atoms with Gasteiger partial charge in [0.1, 0.15) is 5.69 Å². The molecule has 1 N–H and O–H groups in total. The van der Waals surface area contributed by atoms with Crippen molar-refractivity contribution in [2.75, 3.05) is 29.9 Å². The second-order valence-electron chi connectivity index (χ2n) is 7.60. The molecule has 2 aromatic rings. The van der Waals surface area contributed by atoms with Crippen LogP contribution in [-0.2, 0) is 16.0 Å². The zero-order chi connectivity index (χ0) is 22.4. The summed E-state index contributed by atoms with van der Waals surface area (Å²) in [6.07, 6.45) is 3.83. The summed E-state index contributed by atoms with van der Waals surface area (Å²) in [6.45, 7) is 4.92. The summed E-state index contributed by atoms with van der Waals surface area (Å²) >= 11 is 0. The molecule has 8 nitrogen and oxygen atoms in total. The van der Waals surface area contributed by atoms with E-state index in [2.05, 4.69) is 5.32 Å². The number of carbonyl (C=O) groups excluding carboxylic acids is 2. The van der Waals surface area contributed by atoms with Crippen LogP contribution >= 0.6 is 0 Å². The number of carbonyl (C=O) groups is 2. The van der Waals surface area contributed by atoms with Crippen LogP contribution in [0.1, 0.15) is 47.7 Å². The van der Waals surface area contributed by atoms with E-state index in [9.17, 15) is 19.7 Å². The highest BCUT2D eigenvalue weighted by molar-refractivity contribution is 5.97. The number of nitro groups is 1. The average molecular weight is 425 g/mol. The maximum absolute atomic E-state index is 12.4. The van der Waals surface area contributed by atoms with Gasteiger partial charge in [-0.05, 0) is 55.9 Å². The van der Waals surface area contributed by atoms with Crippen LogP contribution in [0.15, 0.2) is 36.4 Å². The van der Waals surface area contributed by atoms with E-state index in [4.69, 9.17) is 4.74 Å². The van der Waals surface area contributed by atoms with Gasteiger partial charge in [-0.1, -0.05) is 25.1 Å². The number of benzene rings is 2. The lowest BCUT2D eigenvalue weighted by Crippen LogP contribution is -2.30. The number of nitrogens with zero attached hydrogens (tertiary/aromatic N) is 2. The van der Waals surface area contributed by atoms with Crippen molar-refractivity contribution < 1.29 is 19.2 Å². The Morgan fingerprint density at radius 3 is 2.58 bits per heavy atom. The van der Waals surface area contributed by atoms with E-state index in [-0.39, 0.29) is 11.3 Å². The normalized spacial score (nSPS) is 13.5. The van der Waals surface area contributed by atoms with Gasteiger partial charge in [-0.2, -0.15) is 0 Å². The minimum atomic E-state index is -0.774. The summed E-state index contributed by atoms with van der Waals surface area (Å²) in [5.74, 6) is -1.24. The zero-order valence-electron chi connectivity index (χ0n) is 17.8. The van der Waals surface area contributed by atoms with Crippen LogP contribution < -0.4 is 10.2 Å². The highest BCUT2D eigenvalue weighted by Gasteiger charge is 2.24. The fourth-order valence-corrected chi connectivity index (χ4v) is 3.79. The molecule has 3 rings (SSSR count). The average Bonchev–Trinajstić information content (AvgIpc) is 2.79. The first kappa shape index (κ1) is 22.3. The fraction of sp³-hybridized carbons (Fsp3) is 0.391. The molecule has 0 bridgehead atoms. The number of aryl methyl sites for hydroxylation is 2. The van der Waals surface area contributed by atoms with Crippen LogP contribution in [0.2, 0.25) is 0 Å². The van der Waals surface area contributed by atoms with Crippen LogP contribution in [0.4, 0.5) is 17.1 Å². The maximum atomic E-state index is 12.4. The third-order valence-electron chi connectivity index (χ3n) is 5.44. The highest BCUT2D eigenvalue weighted by atomic mass is 16.6. The van der Waals surface area contributed by atoms with Crippen molar-refractivity contribution in [2.45, 2.75) is 39.5 Å². The van der Waals surface area contributed by atoms with Crippen LogP contribution in [0, 0.1) is 17.0 Å². The van der Waals surface area contributed by atoms with Gasteiger partial charge in [0.25, 0.3) is 11.6 Å². The van der Waals surface area contributed by atoms with E-state index in [0.717, 1.165) is 49.9 Å². The Labute approximate surface area is 181 Å². The molecule has 31 heavy (non-hydrogen) atoms. The van der Waals surface area contributed by atoms with Gasteiger partial charge in [0, 0.05) is 24.8 Å². The Hall–Kier alpha value is -3.42.